The first kappa shape index (κ1) is 27.0. The highest BCUT2D eigenvalue weighted by atomic mass is 19.1. The molecule has 41 heavy (non-hydrogen) atoms. The Morgan fingerprint density at radius 1 is 1.02 bits per heavy atom. The molecule has 204 valence electrons. The highest BCUT2D eigenvalue weighted by Gasteiger charge is 2.36. The van der Waals surface area contributed by atoms with Crippen LogP contribution < -0.4 is 10.6 Å². The number of hydrogen-bond acceptors (Lipinski definition) is 7. The van der Waals surface area contributed by atoms with Gasteiger partial charge in [0.1, 0.15) is 11.5 Å². The maximum Gasteiger partial charge on any atom is 0.397 e. The number of benzene rings is 3. The molecule has 10 nitrogen and oxygen atoms in total. The molecule has 5 rings (SSSR count). The molecule has 0 aliphatic heterocycles. The minimum atomic E-state index is -1.72. The van der Waals surface area contributed by atoms with E-state index >= 15 is 0 Å². The molecule has 1 aliphatic rings. The number of halogens is 1. The van der Waals surface area contributed by atoms with Crippen molar-refractivity contribution in [1.29, 1.82) is 5.26 Å². The largest absolute Gasteiger partial charge is 0.459 e. The molecule has 1 aromatic heterocycles. The number of para-hydroxylation sites is 1. The van der Waals surface area contributed by atoms with Gasteiger partial charge in [-0.15, -0.1) is 0 Å². The predicted octanol–water partition coefficient (Wildman–Crippen LogP) is 4.05. The number of ether oxygens (including phenoxy) is 1. The number of amides is 2. The molecular formula is C30H22FN5O5. The fourth-order valence-corrected chi connectivity index (χ4v) is 4.57. The van der Waals surface area contributed by atoms with Crippen molar-refractivity contribution < 1.29 is 28.3 Å². The van der Waals surface area contributed by atoms with Crippen LogP contribution in [0.5, 0.6) is 0 Å². The number of rotatable bonds is 7. The van der Waals surface area contributed by atoms with Crippen molar-refractivity contribution in [3.63, 3.8) is 0 Å². The summed E-state index contributed by atoms with van der Waals surface area (Å²) in [5, 5.41) is 19.3. The first-order valence-electron chi connectivity index (χ1n) is 12.6. The monoisotopic (exact) mass is 551 g/mol. The first-order chi connectivity index (χ1) is 19.8. The summed E-state index contributed by atoms with van der Waals surface area (Å²) in [6, 6.07) is 20.7. The van der Waals surface area contributed by atoms with Crippen LogP contribution in [0.15, 0.2) is 72.8 Å². The van der Waals surface area contributed by atoms with Gasteiger partial charge >= 0.3 is 11.9 Å². The van der Waals surface area contributed by atoms with Gasteiger partial charge in [0.25, 0.3) is 0 Å². The quantitative estimate of drug-likeness (QED) is 0.134. The molecule has 2 N–H and O–H groups in total. The van der Waals surface area contributed by atoms with Crippen molar-refractivity contribution >= 4 is 34.9 Å². The van der Waals surface area contributed by atoms with Crippen molar-refractivity contribution in [1.82, 2.24) is 9.78 Å². The lowest BCUT2D eigenvalue weighted by Crippen LogP contribution is -2.29. The molecule has 0 saturated carbocycles. The van der Waals surface area contributed by atoms with Crippen LogP contribution in [-0.4, -0.2) is 40.0 Å². The number of esters is 1. The second-order valence-corrected chi connectivity index (χ2v) is 9.07. The highest BCUT2D eigenvalue weighted by molar-refractivity contribution is 6.37. The van der Waals surface area contributed by atoms with Crippen LogP contribution in [0.3, 0.4) is 0 Å². The van der Waals surface area contributed by atoms with Crippen molar-refractivity contribution in [3.8, 4) is 23.0 Å². The molecular weight excluding hydrogens is 529 g/mol. The third-order valence-electron chi connectivity index (χ3n) is 6.43. The zero-order chi connectivity index (χ0) is 29.1. The number of fused-ring (bicyclic) bond motifs is 3. The smallest absolute Gasteiger partial charge is 0.397 e. The van der Waals surface area contributed by atoms with E-state index in [4.69, 9.17) is 4.74 Å². The summed E-state index contributed by atoms with van der Waals surface area (Å²) < 4.78 is 19.6. The fraction of sp³-hybridized carbons (Fsp3) is 0.133. The van der Waals surface area contributed by atoms with Crippen LogP contribution in [0.25, 0.3) is 16.9 Å². The van der Waals surface area contributed by atoms with E-state index in [1.165, 1.54) is 12.1 Å². The van der Waals surface area contributed by atoms with Gasteiger partial charge in [-0.2, -0.15) is 10.4 Å². The van der Waals surface area contributed by atoms with Crippen LogP contribution in [0.4, 0.5) is 15.8 Å². The van der Waals surface area contributed by atoms with Gasteiger partial charge in [-0.3, -0.25) is 14.4 Å². The molecule has 0 bridgehead atoms. The molecule has 1 aliphatic carbocycles. The Balaban J connectivity index is 1.52. The third kappa shape index (κ3) is 5.31. The van der Waals surface area contributed by atoms with Gasteiger partial charge in [-0.1, -0.05) is 24.3 Å². The lowest BCUT2D eigenvalue weighted by atomic mass is 9.98. The maximum atomic E-state index is 13.6. The third-order valence-corrected chi connectivity index (χ3v) is 6.43. The minimum absolute atomic E-state index is 0.0435. The van der Waals surface area contributed by atoms with Crippen molar-refractivity contribution in [2.75, 3.05) is 17.2 Å². The number of nitrogens with one attached hydrogen (secondary N) is 2. The Bertz CT molecular complexity index is 1720. The van der Waals surface area contributed by atoms with Crippen LogP contribution in [0, 0.1) is 23.1 Å². The van der Waals surface area contributed by atoms with E-state index in [1.807, 2.05) is 6.07 Å². The van der Waals surface area contributed by atoms with Crippen LogP contribution in [0.2, 0.25) is 0 Å². The van der Waals surface area contributed by atoms with Gasteiger partial charge in [0, 0.05) is 28.9 Å². The van der Waals surface area contributed by atoms with Crippen LogP contribution >= 0.6 is 0 Å². The van der Waals surface area contributed by atoms with E-state index in [0.29, 0.717) is 28.2 Å². The highest BCUT2D eigenvalue weighted by Crippen LogP contribution is 2.41. The number of anilines is 2. The summed E-state index contributed by atoms with van der Waals surface area (Å²) in [5.41, 5.74) is 3.68. The lowest BCUT2D eigenvalue weighted by Gasteiger charge is -2.11. The van der Waals surface area contributed by atoms with Gasteiger partial charge in [-0.05, 0) is 61.0 Å². The standard InChI is InChI=1S/C30H22FN5O5/c1-2-41-30(40)29(39)34-20-11-8-17-14-23-25(35-36(26(23)22(17)15-20)21-6-4-3-5-7-21)27(37)24(16-32)28(38)33-19-12-9-18(31)10-13-19/h3-13,15,24H,2,14H2,1H3,(H,33,38)(H,34,39). The molecule has 1 atom stereocenters. The molecule has 0 fully saturated rings. The van der Waals surface area contributed by atoms with Gasteiger partial charge in [-0.25, -0.2) is 13.9 Å². The summed E-state index contributed by atoms with van der Waals surface area (Å²) in [6.07, 6.45) is 0.280. The second-order valence-electron chi connectivity index (χ2n) is 9.07. The van der Waals surface area contributed by atoms with Gasteiger partial charge in [0.2, 0.25) is 11.7 Å². The average Bonchev–Trinajstić information content (AvgIpc) is 3.52. The number of hydrogen-bond donors (Lipinski definition) is 2. The van der Waals surface area contributed by atoms with Crippen LogP contribution in [-0.2, 0) is 25.5 Å². The molecule has 0 spiro atoms. The Morgan fingerprint density at radius 2 is 1.73 bits per heavy atom. The molecule has 2 amide bonds. The summed E-state index contributed by atoms with van der Waals surface area (Å²) in [6.45, 7) is 1.65. The van der Waals surface area contributed by atoms with Gasteiger partial charge < -0.3 is 15.4 Å². The molecule has 1 unspecified atom stereocenters. The number of carbonyl (C=O) groups is 4. The Hall–Kier alpha value is -5.63. The van der Waals surface area contributed by atoms with Crippen molar-refractivity contribution in [2.24, 2.45) is 5.92 Å². The Morgan fingerprint density at radius 3 is 2.41 bits per heavy atom. The van der Waals surface area contributed by atoms with E-state index in [-0.39, 0.29) is 24.4 Å². The van der Waals surface area contributed by atoms with E-state index in [2.05, 4.69) is 15.7 Å². The lowest BCUT2D eigenvalue weighted by molar-refractivity contribution is -0.152. The molecule has 1 heterocycles. The van der Waals surface area contributed by atoms with Crippen molar-refractivity contribution in [3.05, 3.63) is 95.4 Å². The summed E-state index contributed by atoms with van der Waals surface area (Å²) >= 11 is 0. The molecule has 3 aromatic carbocycles. The summed E-state index contributed by atoms with van der Waals surface area (Å²) in [5.74, 6) is -5.82. The Labute approximate surface area is 233 Å². The zero-order valence-electron chi connectivity index (χ0n) is 21.7. The topological polar surface area (TPSA) is 143 Å². The normalized spacial score (nSPS) is 11.9. The number of nitriles is 1. The van der Waals surface area contributed by atoms with Crippen molar-refractivity contribution in [2.45, 2.75) is 13.3 Å². The summed E-state index contributed by atoms with van der Waals surface area (Å²) in [7, 11) is 0. The SMILES string of the molecule is CCOC(=O)C(=O)Nc1ccc2c(c1)-c1c(c(C(=O)C(C#N)C(=O)Nc3ccc(F)cc3)nn1-c1ccccc1)C2. The zero-order valence-corrected chi connectivity index (χ0v) is 21.7. The molecule has 0 saturated heterocycles. The number of Topliss-reactive ketones (excluding diaryl/α,β-unsaturated/α-hetero) is 1. The molecule has 11 heteroatoms. The predicted molar refractivity (Wildman–Crippen MR) is 146 cm³/mol. The first-order valence-corrected chi connectivity index (χ1v) is 12.6. The molecule has 0 radical (unpaired) electrons. The maximum absolute atomic E-state index is 13.6. The summed E-state index contributed by atoms with van der Waals surface area (Å²) in [4.78, 5) is 50.6. The number of aromatic nitrogens is 2. The van der Waals surface area contributed by atoms with E-state index in [9.17, 15) is 28.8 Å². The van der Waals surface area contributed by atoms with E-state index in [0.717, 1.165) is 17.7 Å². The number of nitrogens with zero attached hydrogens (tertiary/aromatic N) is 3. The van der Waals surface area contributed by atoms with E-state index < -0.39 is 35.3 Å². The van der Waals surface area contributed by atoms with Gasteiger partial charge in [0.05, 0.1) is 24.1 Å². The second kappa shape index (κ2) is 11.2. The number of carbonyl (C=O) groups excluding carboxylic acids is 4. The average molecular weight is 552 g/mol. The van der Waals surface area contributed by atoms with Crippen LogP contribution in [0.1, 0.15) is 28.5 Å². The van der Waals surface area contributed by atoms with E-state index in [1.54, 1.807) is 60.1 Å². The molecule has 4 aromatic rings. The minimum Gasteiger partial charge on any atom is -0.459 e. The van der Waals surface area contributed by atoms with Gasteiger partial charge in [0.15, 0.2) is 5.92 Å². The Kier molecular flexibility index (Phi) is 7.39. The fourth-order valence-electron chi connectivity index (χ4n) is 4.57. The number of ketones is 1.